The number of carbonyl (C=O) groups excluding carboxylic acids is 1. The van der Waals surface area contributed by atoms with E-state index in [1.54, 1.807) is 37.3 Å². The molecule has 0 bridgehead atoms. The van der Waals surface area contributed by atoms with Crippen LogP contribution in [0.1, 0.15) is 11.1 Å². The third-order valence-corrected chi connectivity index (χ3v) is 6.66. The van der Waals surface area contributed by atoms with E-state index in [1.807, 2.05) is 30.3 Å². The molecule has 0 unspecified atom stereocenters. The lowest BCUT2D eigenvalue weighted by Crippen LogP contribution is -2.45. The summed E-state index contributed by atoms with van der Waals surface area (Å²) in [5.41, 5.74) is 1.93. The zero-order valence-corrected chi connectivity index (χ0v) is 20.3. The monoisotopic (exact) mass is 484 g/mol. The number of aryl methyl sites for hydroxylation is 1. The Labute approximate surface area is 199 Å². The van der Waals surface area contributed by atoms with E-state index in [0.717, 1.165) is 11.1 Å². The van der Waals surface area contributed by atoms with Crippen molar-refractivity contribution in [3.8, 4) is 17.2 Å². The average Bonchev–Trinajstić information content (AvgIpc) is 2.84. The molecule has 0 spiro atoms. The molecule has 34 heavy (non-hydrogen) atoms. The van der Waals surface area contributed by atoms with Crippen LogP contribution in [0.3, 0.4) is 0 Å². The van der Waals surface area contributed by atoms with Crippen LogP contribution in [-0.4, -0.2) is 41.7 Å². The minimum absolute atomic E-state index is 0.0390. The molecule has 3 aromatic rings. The van der Waals surface area contributed by atoms with Crippen LogP contribution < -0.4 is 24.2 Å². The second kappa shape index (κ2) is 11.0. The molecule has 9 heteroatoms. The predicted molar refractivity (Wildman–Crippen MR) is 130 cm³/mol. The summed E-state index contributed by atoms with van der Waals surface area (Å²) in [6.07, 6.45) is 0.137. The Morgan fingerprint density at radius 3 is 2.24 bits per heavy atom. The van der Waals surface area contributed by atoms with E-state index >= 15 is 0 Å². The first-order chi connectivity index (χ1) is 16.3. The van der Waals surface area contributed by atoms with Gasteiger partial charge in [0.15, 0.2) is 0 Å². The molecular weight excluding hydrogens is 456 g/mol. The van der Waals surface area contributed by atoms with E-state index in [4.69, 9.17) is 14.2 Å². The molecule has 0 aromatic heterocycles. The number of hydrogen-bond donors (Lipinski definition) is 2. The Morgan fingerprint density at radius 1 is 0.882 bits per heavy atom. The zero-order valence-electron chi connectivity index (χ0n) is 19.5. The fraction of sp³-hybridized carbons (Fsp3) is 0.240. The number of ether oxygens (including phenoxy) is 3. The zero-order chi connectivity index (χ0) is 24.7. The Hall–Kier alpha value is -3.56. The fourth-order valence-electron chi connectivity index (χ4n) is 3.40. The van der Waals surface area contributed by atoms with Crippen LogP contribution in [0, 0.1) is 6.92 Å². The highest BCUT2D eigenvalue weighted by molar-refractivity contribution is 7.89. The average molecular weight is 485 g/mol. The molecule has 0 aliphatic carbocycles. The van der Waals surface area contributed by atoms with Gasteiger partial charge in [0.2, 0.25) is 15.9 Å². The van der Waals surface area contributed by atoms with Crippen molar-refractivity contribution >= 4 is 21.6 Å². The maximum atomic E-state index is 13.3. The number of benzene rings is 3. The highest BCUT2D eigenvalue weighted by atomic mass is 32.2. The standard InChI is InChI=1S/C25H28N2O6S/c1-17-10-13-22(32-3)24(14-17)34(29,30)27-21(15-18-8-6-5-7-9-18)25(28)26-20-12-11-19(31-2)16-23(20)33-4/h5-14,16,21,27H,15H2,1-4H3,(H,26,28)/t21-/m1/s1. The van der Waals surface area contributed by atoms with Crippen LogP contribution >= 0.6 is 0 Å². The Bertz CT molecular complexity index is 1250. The molecule has 1 atom stereocenters. The number of methoxy groups -OCH3 is 3. The van der Waals surface area contributed by atoms with Crippen molar-refractivity contribution in [1.29, 1.82) is 0 Å². The first kappa shape index (κ1) is 25.1. The molecule has 0 heterocycles. The van der Waals surface area contributed by atoms with Gasteiger partial charge in [-0.1, -0.05) is 36.4 Å². The number of amides is 1. The van der Waals surface area contributed by atoms with Crippen molar-refractivity contribution in [2.24, 2.45) is 0 Å². The molecule has 8 nitrogen and oxygen atoms in total. The largest absolute Gasteiger partial charge is 0.497 e. The Balaban J connectivity index is 1.94. The molecule has 0 saturated heterocycles. The van der Waals surface area contributed by atoms with Gasteiger partial charge in [0.05, 0.1) is 27.0 Å². The molecule has 0 fully saturated rings. The molecule has 1 amide bonds. The van der Waals surface area contributed by atoms with Gasteiger partial charge >= 0.3 is 0 Å². The molecule has 0 saturated carbocycles. The summed E-state index contributed by atoms with van der Waals surface area (Å²) in [7, 11) is 0.297. The third-order valence-electron chi connectivity index (χ3n) is 5.17. The molecule has 0 aliphatic heterocycles. The normalized spacial score (nSPS) is 12.0. The van der Waals surface area contributed by atoms with Gasteiger partial charge in [0.25, 0.3) is 0 Å². The smallest absolute Gasteiger partial charge is 0.245 e. The van der Waals surface area contributed by atoms with Crippen molar-refractivity contribution in [2.45, 2.75) is 24.3 Å². The first-order valence-corrected chi connectivity index (χ1v) is 12.0. The molecule has 3 rings (SSSR count). The van der Waals surface area contributed by atoms with E-state index in [9.17, 15) is 13.2 Å². The van der Waals surface area contributed by atoms with Gasteiger partial charge in [-0.25, -0.2) is 8.42 Å². The lowest BCUT2D eigenvalue weighted by Gasteiger charge is -2.21. The van der Waals surface area contributed by atoms with Gasteiger partial charge in [-0.15, -0.1) is 0 Å². The second-order valence-corrected chi connectivity index (χ2v) is 9.26. The summed E-state index contributed by atoms with van der Waals surface area (Å²) < 4.78 is 45.0. The summed E-state index contributed by atoms with van der Waals surface area (Å²) >= 11 is 0. The summed E-state index contributed by atoms with van der Waals surface area (Å²) in [4.78, 5) is 13.3. The highest BCUT2D eigenvalue weighted by Gasteiger charge is 2.29. The Morgan fingerprint density at radius 2 is 1.59 bits per heavy atom. The van der Waals surface area contributed by atoms with E-state index in [-0.39, 0.29) is 17.1 Å². The van der Waals surface area contributed by atoms with Gasteiger partial charge in [0, 0.05) is 6.07 Å². The number of rotatable bonds is 10. The van der Waals surface area contributed by atoms with Crippen LogP contribution in [0.2, 0.25) is 0 Å². The second-order valence-electron chi connectivity index (χ2n) is 7.57. The van der Waals surface area contributed by atoms with Crippen molar-refractivity contribution in [2.75, 3.05) is 26.6 Å². The van der Waals surface area contributed by atoms with Gasteiger partial charge in [-0.05, 0) is 48.7 Å². The van der Waals surface area contributed by atoms with Crippen molar-refractivity contribution in [1.82, 2.24) is 4.72 Å². The maximum Gasteiger partial charge on any atom is 0.245 e. The topological polar surface area (TPSA) is 103 Å². The maximum absolute atomic E-state index is 13.3. The molecule has 0 radical (unpaired) electrons. The van der Waals surface area contributed by atoms with Crippen LogP contribution in [0.25, 0.3) is 0 Å². The summed E-state index contributed by atoms with van der Waals surface area (Å²) in [6.45, 7) is 1.78. The van der Waals surface area contributed by atoms with Crippen molar-refractivity contribution < 1.29 is 27.4 Å². The van der Waals surface area contributed by atoms with Crippen molar-refractivity contribution in [3.05, 3.63) is 77.9 Å². The van der Waals surface area contributed by atoms with E-state index in [0.29, 0.717) is 17.2 Å². The quantitative estimate of drug-likeness (QED) is 0.456. The number of sulfonamides is 1. The van der Waals surface area contributed by atoms with Gasteiger partial charge in [-0.2, -0.15) is 4.72 Å². The summed E-state index contributed by atoms with van der Waals surface area (Å²) in [5.74, 6) is 0.591. The minimum Gasteiger partial charge on any atom is -0.497 e. The summed E-state index contributed by atoms with van der Waals surface area (Å²) in [5, 5.41) is 2.77. The van der Waals surface area contributed by atoms with E-state index in [2.05, 4.69) is 10.0 Å². The van der Waals surface area contributed by atoms with Gasteiger partial charge in [0.1, 0.15) is 28.2 Å². The fourth-order valence-corrected chi connectivity index (χ4v) is 4.85. The first-order valence-electron chi connectivity index (χ1n) is 10.5. The summed E-state index contributed by atoms with van der Waals surface area (Å²) in [6, 6.07) is 17.8. The van der Waals surface area contributed by atoms with Crippen LogP contribution in [0.15, 0.2) is 71.6 Å². The number of carbonyl (C=O) groups is 1. The lowest BCUT2D eigenvalue weighted by molar-refractivity contribution is -0.117. The number of hydrogen-bond acceptors (Lipinski definition) is 6. The van der Waals surface area contributed by atoms with Gasteiger partial charge < -0.3 is 19.5 Å². The van der Waals surface area contributed by atoms with Crippen LogP contribution in [0.5, 0.6) is 17.2 Å². The van der Waals surface area contributed by atoms with Gasteiger partial charge in [-0.3, -0.25) is 4.79 Å². The van der Waals surface area contributed by atoms with E-state index in [1.165, 1.54) is 27.4 Å². The highest BCUT2D eigenvalue weighted by Crippen LogP contribution is 2.30. The SMILES string of the molecule is COc1ccc(NC(=O)[C@@H](Cc2ccccc2)NS(=O)(=O)c2cc(C)ccc2OC)c(OC)c1. The molecule has 180 valence electrons. The van der Waals surface area contributed by atoms with Crippen LogP contribution in [-0.2, 0) is 21.2 Å². The molecule has 0 aliphatic rings. The number of nitrogens with one attached hydrogen (secondary N) is 2. The minimum atomic E-state index is -4.10. The number of anilines is 1. The Kier molecular flexibility index (Phi) is 8.14. The molecule has 2 N–H and O–H groups in total. The van der Waals surface area contributed by atoms with Crippen LogP contribution in [0.4, 0.5) is 5.69 Å². The third kappa shape index (κ3) is 6.06. The molecular formula is C25H28N2O6S. The lowest BCUT2D eigenvalue weighted by atomic mass is 10.1. The van der Waals surface area contributed by atoms with Crippen molar-refractivity contribution in [3.63, 3.8) is 0 Å². The van der Waals surface area contributed by atoms with E-state index < -0.39 is 22.0 Å². The molecule has 3 aromatic carbocycles. The predicted octanol–water partition coefficient (Wildman–Crippen LogP) is 3.55.